The summed E-state index contributed by atoms with van der Waals surface area (Å²) in [6, 6.07) is 11.5. The SMILES string of the molecule is COc1ccc(S(N)(=O)=O)cc1C(=O)O[C@H](C)C(=O)N1CCc2ccccc2C1. The molecule has 0 radical (unpaired) electrons. The summed E-state index contributed by atoms with van der Waals surface area (Å²) < 4.78 is 33.5. The summed E-state index contributed by atoms with van der Waals surface area (Å²) in [5.74, 6) is -1.08. The van der Waals surface area contributed by atoms with Gasteiger partial charge in [-0.25, -0.2) is 18.4 Å². The van der Waals surface area contributed by atoms with Crippen molar-refractivity contribution >= 4 is 21.9 Å². The molecule has 0 saturated carbocycles. The van der Waals surface area contributed by atoms with Gasteiger partial charge in [0.25, 0.3) is 5.91 Å². The molecule has 0 unspecified atom stereocenters. The Bertz CT molecular complexity index is 1050. The molecule has 8 nitrogen and oxygen atoms in total. The third kappa shape index (κ3) is 4.57. The van der Waals surface area contributed by atoms with Crippen molar-refractivity contribution in [2.75, 3.05) is 13.7 Å². The molecule has 1 aliphatic rings. The number of rotatable bonds is 5. The third-order valence-corrected chi connectivity index (χ3v) is 5.70. The van der Waals surface area contributed by atoms with Gasteiger partial charge in [-0.15, -0.1) is 0 Å². The van der Waals surface area contributed by atoms with Gasteiger partial charge in [-0.1, -0.05) is 24.3 Å². The number of amides is 1. The van der Waals surface area contributed by atoms with Crippen LogP contribution in [0.1, 0.15) is 28.4 Å². The second-order valence-electron chi connectivity index (χ2n) is 6.73. The molecule has 1 heterocycles. The van der Waals surface area contributed by atoms with Crippen LogP contribution in [0.15, 0.2) is 47.4 Å². The summed E-state index contributed by atoms with van der Waals surface area (Å²) in [6.07, 6.45) is -0.317. The van der Waals surface area contributed by atoms with Crippen molar-refractivity contribution in [1.29, 1.82) is 0 Å². The quantitative estimate of drug-likeness (QED) is 0.735. The van der Waals surface area contributed by atoms with Crippen LogP contribution in [0, 0.1) is 0 Å². The van der Waals surface area contributed by atoms with Crippen LogP contribution >= 0.6 is 0 Å². The molecule has 0 aliphatic carbocycles. The number of fused-ring (bicyclic) bond motifs is 1. The maximum Gasteiger partial charge on any atom is 0.342 e. The summed E-state index contributed by atoms with van der Waals surface area (Å²) in [4.78, 5) is 26.7. The Labute approximate surface area is 169 Å². The number of carbonyl (C=O) groups is 2. The molecule has 0 spiro atoms. The molecule has 1 amide bonds. The van der Waals surface area contributed by atoms with Gasteiger partial charge in [-0.3, -0.25) is 4.79 Å². The fourth-order valence-corrected chi connectivity index (χ4v) is 3.78. The third-order valence-electron chi connectivity index (χ3n) is 4.79. The molecule has 0 aromatic heterocycles. The number of sulfonamides is 1. The van der Waals surface area contributed by atoms with Crippen molar-refractivity contribution in [3.63, 3.8) is 0 Å². The Hall–Kier alpha value is -2.91. The second kappa shape index (κ2) is 8.22. The maximum absolute atomic E-state index is 12.8. The Morgan fingerprint density at radius 1 is 1.14 bits per heavy atom. The van der Waals surface area contributed by atoms with Crippen LogP contribution < -0.4 is 9.88 Å². The van der Waals surface area contributed by atoms with Gasteiger partial charge in [0.05, 0.1) is 12.0 Å². The molecule has 1 aliphatic heterocycles. The predicted molar refractivity (Wildman–Crippen MR) is 105 cm³/mol. The largest absolute Gasteiger partial charge is 0.496 e. The highest BCUT2D eigenvalue weighted by molar-refractivity contribution is 7.89. The molecular formula is C20H22N2O6S. The van der Waals surface area contributed by atoms with Crippen molar-refractivity contribution in [1.82, 2.24) is 4.90 Å². The lowest BCUT2D eigenvalue weighted by Gasteiger charge is -2.30. The molecular weight excluding hydrogens is 396 g/mol. The number of esters is 1. The Kier molecular flexibility index (Phi) is 5.90. The summed E-state index contributed by atoms with van der Waals surface area (Å²) in [6.45, 7) is 2.46. The molecule has 3 rings (SSSR count). The minimum atomic E-state index is -4.01. The first-order chi connectivity index (χ1) is 13.7. The van der Waals surface area contributed by atoms with E-state index in [-0.39, 0.29) is 22.1 Å². The zero-order valence-electron chi connectivity index (χ0n) is 16.1. The predicted octanol–water partition coefficient (Wildman–Crippen LogP) is 1.47. The molecule has 0 saturated heterocycles. The molecule has 29 heavy (non-hydrogen) atoms. The highest BCUT2D eigenvalue weighted by atomic mass is 32.2. The first kappa shape index (κ1) is 20.8. The molecule has 1 atom stereocenters. The van der Waals surface area contributed by atoms with Gasteiger partial charge in [-0.2, -0.15) is 0 Å². The van der Waals surface area contributed by atoms with Gasteiger partial charge < -0.3 is 14.4 Å². The lowest BCUT2D eigenvalue weighted by Crippen LogP contribution is -2.42. The van der Waals surface area contributed by atoms with Gasteiger partial charge in [0.15, 0.2) is 6.10 Å². The van der Waals surface area contributed by atoms with Crippen LogP contribution in [0.4, 0.5) is 0 Å². The summed E-state index contributed by atoms with van der Waals surface area (Å²) in [5, 5.41) is 5.12. The van der Waals surface area contributed by atoms with Crippen LogP contribution in [-0.4, -0.2) is 45.0 Å². The monoisotopic (exact) mass is 418 g/mol. The van der Waals surface area contributed by atoms with Gasteiger partial charge in [0.2, 0.25) is 10.0 Å². The fourth-order valence-electron chi connectivity index (χ4n) is 3.24. The number of hydrogen-bond donors (Lipinski definition) is 1. The average molecular weight is 418 g/mol. The summed E-state index contributed by atoms with van der Waals surface area (Å²) >= 11 is 0. The highest BCUT2D eigenvalue weighted by Crippen LogP contribution is 2.24. The molecule has 2 N–H and O–H groups in total. The Morgan fingerprint density at radius 2 is 1.83 bits per heavy atom. The number of ether oxygens (including phenoxy) is 2. The zero-order valence-corrected chi connectivity index (χ0v) is 16.9. The number of methoxy groups -OCH3 is 1. The Balaban J connectivity index is 1.74. The number of carbonyl (C=O) groups excluding carboxylic acids is 2. The molecule has 9 heteroatoms. The van der Waals surface area contributed by atoms with Crippen molar-refractivity contribution in [3.8, 4) is 5.75 Å². The lowest BCUT2D eigenvalue weighted by atomic mass is 9.99. The number of primary sulfonamides is 1. The van der Waals surface area contributed by atoms with E-state index < -0.39 is 22.1 Å². The number of nitrogens with two attached hydrogens (primary N) is 1. The summed E-state index contributed by atoms with van der Waals surface area (Å²) in [5.41, 5.74) is 2.14. The highest BCUT2D eigenvalue weighted by Gasteiger charge is 2.28. The molecule has 0 bridgehead atoms. The standard InChI is InChI=1S/C20H22N2O6S/c1-13(19(23)22-10-9-14-5-3-4-6-15(14)12-22)28-20(24)17-11-16(29(21,25)26)7-8-18(17)27-2/h3-8,11,13H,9-10,12H2,1-2H3,(H2,21,25,26)/t13-/m1/s1. The van der Waals surface area contributed by atoms with Gasteiger partial charge in [0, 0.05) is 13.1 Å². The molecule has 154 valence electrons. The maximum atomic E-state index is 12.8. The lowest BCUT2D eigenvalue weighted by molar-refractivity contribution is -0.140. The van der Waals surface area contributed by atoms with E-state index in [0.717, 1.165) is 18.1 Å². The fraction of sp³-hybridized carbons (Fsp3) is 0.300. The van der Waals surface area contributed by atoms with E-state index in [1.807, 2.05) is 24.3 Å². The number of benzene rings is 2. The Morgan fingerprint density at radius 3 is 2.48 bits per heavy atom. The van der Waals surface area contributed by atoms with E-state index in [2.05, 4.69) is 0 Å². The van der Waals surface area contributed by atoms with Crippen LogP contribution in [-0.2, 0) is 32.5 Å². The van der Waals surface area contributed by atoms with Crippen molar-refractivity contribution in [3.05, 3.63) is 59.2 Å². The van der Waals surface area contributed by atoms with Crippen molar-refractivity contribution in [2.24, 2.45) is 5.14 Å². The van der Waals surface area contributed by atoms with E-state index in [1.165, 1.54) is 31.7 Å². The zero-order chi connectivity index (χ0) is 21.2. The minimum Gasteiger partial charge on any atom is -0.496 e. The van der Waals surface area contributed by atoms with E-state index in [4.69, 9.17) is 14.6 Å². The molecule has 2 aromatic carbocycles. The van der Waals surface area contributed by atoms with Crippen LogP contribution in [0.2, 0.25) is 0 Å². The molecule has 2 aromatic rings. The first-order valence-corrected chi connectivity index (χ1v) is 10.5. The first-order valence-electron chi connectivity index (χ1n) is 8.98. The van der Waals surface area contributed by atoms with Crippen LogP contribution in [0.5, 0.6) is 5.75 Å². The van der Waals surface area contributed by atoms with Crippen LogP contribution in [0.3, 0.4) is 0 Å². The minimum absolute atomic E-state index is 0.119. The topological polar surface area (TPSA) is 116 Å². The van der Waals surface area contributed by atoms with Gasteiger partial charge in [0.1, 0.15) is 11.3 Å². The van der Waals surface area contributed by atoms with Crippen molar-refractivity contribution in [2.45, 2.75) is 30.9 Å². The number of hydrogen-bond acceptors (Lipinski definition) is 6. The van der Waals surface area contributed by atoms with Crippen molar-refractivity contribution < 1.29 is 27.5 Å². The number of nitrogens with zero attached hydrogens (tertiary/aromatic N) is 1. The summed E-state index contributed by atoms with van der Waals surface area (Å²) in [7, 11) is -2.68. The van der Waals surface area contributed by atoms with E-state index >= 15 is 0 Å². The van der Waals surface area contributed by atoms with E-state index in [1.54, 1.807) is 4.90 Å². The van der Waals surface area contributed by atoms with E-state index in [9.17, 15) is 18.0 Å². The van der Waals surface area contributed by atoms with E-state index in [0.29, 0.717) is 13.1 Å². The normalized spacial score (nSPS) is 14.7. The van der Waals surface area contributed by atoms with Crippen LogP contribution in [0.25, 0.3) is 0 Å². The average Bonchev–Trinajstić information content (AvgIpc) is 2.71. The molecule has 0 fully saturated rings. The smallest absolute Gasteiger partial charge is 0.342 e. The van der Waals surface area contributed by atoms with Gasteiger partial charge in [-0.05, 0) is 42.7 Å². The van der Waals surface area contributed by atoms with Gasteiger partial charge >= 0.3 is 5.97 Å². The second-order valence-corrected chi connectivity index (χ2v) is 8.29.